The maximum absolute atomic E-state index is 11.4. The fourth-order valence-electron chi connectivity index (χ4n) is 1.45. The van der Waals surface area contributed by atoms with Crippen LogP contribution in [0.5, 0.6) is 0 Å². The molecule has 0 spiro atoms. The van der Waals surface area contributed by atoms with Gasteiger partial charge in [0.1, 0.15) is 5.60 Å². The Balaban J connectivity index is 2.22. The summed E-state index contributed by atoms with van der Waals surface area (Å²) in [4.78, 5) is 11.4. The normalized spacial score (nSPS) is 11.1. The standard InChI is InChI=1S/C14H20Br2N2O2/c1-14(2,3)20-13(19)18-8-4-7-17-12-9-10(15)5-6-11(12)16/h5-6,9,17H,4,7-8H2,1-3H3,(H,18,19). The molecule has 1 rings (SSSR count). The number of alkyl carbamates (subject to hydrolysis) is 1. The molecule has 0 bridgehead atoms. The molecule has 6 heteroatoms. The number of ether oxygens (including phenoxy) is 1. The highest BCUT2D eigenvalue weighted by Gasteiger charge is 2.15. The minimum atomic E-state index is -0.455. The van der Waals surface area contributed by atoms with E-state index in [-0.39, 0.29) is 6.09 Å². The number of hydrogen-bond acceptors (Lipinski definition) is 3. The zero-order valence-corrected chi connectivity index (χ0v) is 15.1. The molecule has 4 nitrogen and oxygen atoms in total. The first kappa shape index (κ1) is 17.3. The smallest absolute Gasteiger partial charge is 0.407 e. The highest BCUT2D eigenvalue weighted by molar-refractivity contribution is 9.11. The van der Waals surface area contributed by atoms with Gasteiger partial charge in [-0.2, -0.15) is 0 Å². The lowest BCUT2D eigenvalue weighted by atomic mass is 10.2. The molecule has 0 aliphatic rings. The molecule has 0 saturated carbocycles. The van der Waals surface area contributed by atoms with Gasteiger partial charge in [-0.3, -0.25) is 0 Å². The second-order valence-corrected chi connectivity index (χ2v) is 7.10. The van der Waals surface area contributed by atoms with Crippen molar-refractivity contribution in [1.82, 2.24) is 5.32 Å². The summed E-state index contributed by atoms with van der Waals surface area (Å²) in [6.07, 6.45) is 0.444. The van der Waals surface area contributed by atoms with E-state index in [1.54, 1.807) is 0 Å². The summed E-state index contributed by atoms with van der Waals surface area (Å²) in [5.41, 5.74) is 0.570. The van der Waals surface area contributed by atoms with Crippen molar-refractivity contribution in [2.45, 2.75) is 32.8 Å². The van der Waals surface area contributed by atoms with Crippen LogP contribution in [0.1, 0.15) is 27.2 Å². The predicted octanol–water partition coefficient (Wildman–Crippen LogP) is 4.54. The lowest BCUT2D eigenvalue weighted by Gasteiger charge is -2.19. The molecule has 0 aliphatic carbocycles. The molecule has 112 valence electrons. The van der Waals surface area contributed by atoms with Crippen molar-refractivity contribution < 1.29 is 9.53 Å². The average molecular weight is 408 g/mol. The molecule has 1 amide bonds. The number of rotatable bonds is 5. The van der Waals surface area contributed by atoms with Gasteiger partial charge in [0.25, 0.3) is 0 Å². The summed E-state index contributed by atoms with van der Waals surface area (Å²) in [6.45, 7) is 6.88. The van der Waals surface area contributed by atoms with E-state index < -0.39 is 5.60 Å². The summed E-state index contributed by atoms with van der Waals surface area (Å²) < 4.78 is 7.19. The van der Waals surface area contributed by atoms with E-state index in [0.717, 1.165) is 27.6 Å². The molecule has 0 atom stereocenters. The Kier molecular flexibility index (Phi) is 6.82. The number of benzene rings is 1. The Morgan fingerprint density at radius 3 is 2.60 bits per heavy atom. The topological polar surface area (TPSA) is 50.4 Å². The predicted molar refractivity (Wildman–Crippen MR) is 89.2 cm³/mol. The average Bonchev–Trinajstić information content (AvgIpc) is 2.30. The fourth-order valence-corrected chi connectivity index (χ4v) is 2.20. The quantitative estimate of drug-likeness (QED) is 0.704. The second kappa shape index (κ2) is 7.88. The van der Waals surface area contributed by atoms with Crippen LogP contribution in [-0.2, 0) is 4.74 Å². The first-order valence-corrected chi connectivity index (χ1v) is 8.02. The monoisotopic (exact) mass is 406 g/mol. The van der Waals surface area contributed by atoms with Crippen molar-refractivity contribution in [2.24, 2.45) is 0 Å². The van der Waals surface area contributed by atoms with Crippen LogP contribution in [0.2, 0.25) is 0 Å². The van der Waals surface area contributed by atoms with Crippen molar-refractivity contribution in [2.75, 3.05) is 18.4 Å². The van der Waals surface area contributed by atoms with Crippen LogP contribution in [0.15, 0.2) is 27.1 Å². The molecule has 1 aromatic rings. The number of halogens is 2. The van der Waals surface area contributed by atoms with Crippen LogP contribution in [-0.4, -0.2) is 24.8 Å². The van der Waals surface area contributed by atoms with Gasteiger partial charge in [0.15, 0.2) is 0 Å². The SMILES string of the molecule is CC(C)(C)OC(=O)NCCCNc1cc(Br)ccc1Br. The molecule has 1 aromatic carbocycles. The van der Waals surface area contributed by atoms with E-state index in [1.807, 2.05) is 39.0 Å². The maximum Gasteiger partial charge on any atom is 0.407 e. The molecule has 0 saturated heterocycles. The molecule has 0 unspecified atom stereocenters. The molecule has 0 fully saturated rings. The highest BCUT2D eigenvalue weighted by Crippen LogP contribution is 2.25. The summed E-state index contributed by atoms with van der Waals surface area (Å²) in [7, 11) is 0. The molecular weight excluding hydrogens is 388 g/mol. The molecular formula is C14H20Br2N2O2. The van der Waals surface area contributed by atoms with Crippen LogP contribution in [0.25, 0.3) is 0 Å². The molecule has 0 radical (unpaired) electrons. The Bertz CT molecular complexity index is 459. The van der Waals surface area contributed by atoms with Gasteiger partial charge in [-0.1, -0.05) is 15.9 Å². The van der Waals surface area contributed by atoms with Crippen molar-refractivity contribution in [1.29, 1.82) is 0 Å². The molecule has 0 aliphatic heterocycles. The number of nitrogens with one attached hydrogen (secondary N) is 2. The number of amides is 1. The summed E-state index contributed by atoms with van der Waals surface area (Å²) in [5, 5.41) is 6.04. The molecule has 2 N–H and O–H groups in total. The number of hydrogen-bond donors (Lipinski definition) is 2. The van der Waals surface area contributed by atoms with Crippen LogP contribution < -0.4 is 10.6 Å². The van der Waals surface area contributed by atoms with Crippen LogP contribution in [0.4, 0.5) is 10.5 Å². The van der Waals surface area contributed by atoms with Gasteiger partial charge in [0, 0.05) is 27.7 Å². The number of carbonyl (C=O) groups excluding carboxylic acids is 1. The van der Waals surface area contributed by atoms with Crippen LogP contribution in [0.3, 0.4) is 0 Å². The minimum Gasteiger partial charge on any atom is -0.444 e. The van der Waals surface area contributed by atoms with E-state index in [4.69, 9.17) is 4.74 Å². The third-order valence-electron chi connectivity index (χ3n) is 2.27. The zero-order valence-electron chi connectivity index (χ0n) is 11.9. The molecule has 0 aromatic heterocycles. The van der Waals surface area contributed by atoms with Crippen molar-refractivity contribution >= 4 is 43.6 Å². The van der Waals surface area contributed by atoms with E-state index in [1.165, 1.54) is 0 Å². The van der Waals surface area contributed by atoms with Gasteiger partial charge in [-0.15, -0.1) is 0 Å². The van der Waals surface area contributed by atoms with Gasteiger partial charge in [-0.25, -0.2) is 4.79 Å². The number of anilines is 1. The van der Waals surface area contributed by atoms with E-state index in [0.29, 0.717) is 6.54 Å². The first-order valence-electron chi connectivity index (χ1n) is 6.44. The van der Waals surface area contributed by atoms with Gasteiger partial charge in [0.2, 0.25) is 0 Å². The van der Waals surface area contributed by atoms with Crippen molar-refractivity contribution in [3.63, 3.8) is 0 Å². The fraction of sp³-hybridized carbons (Fsp3) is 0.500. The molecule has 0 heterocycles. The summed E-state index contributed by atoms with van der Waals surface area (Å²) in [5.74, 6) is 0. The first-order chi connectivity index (χ1) is 9.28. The van der Waals surface area contributed by atoms with Gasteiger partial charge >= 0.3 is 6.09 Å². The van der Waals surface area contributed by atoms with Gasteiger partial charge < -0.3 is 15.4 Å². The minimum absolute atomic E-state index is 0.374. The maximum atomic E-state index is 11.4. The summed E-state index contributed by atoms with van der Waals surface area (Å²) >= 11 is 6.91. The van der Waals surface area contributed by atoms with Crippen molar-refractivity contribution in [3.05, 3.63) is 27.1 Å². The van der Waals surface area contributed by atoms with Crippen LogP contribution in [0, 0.1) is 0 Å². The van der Waals surface area contributed by atoms with E-state index in [2.05, 4.69) is 42.5 Å². The van der Waals surface area contributed by atoms with E-state index in [9.17, 15) is 4.79 Å². The Morgan fingerprint density at radius 1 is 1.25 bits per heavy atom. The van der Waals surface area contributed by atoms with Gasteiger partial charge in [-0.05, 0) is 61.3 Å². The summed E-state index contributed by atoms with van der Waals surface area (Å²) in [6, 6.07) is 5.95. The van der Waals surface area contributed by atoms with Gasteiger partial charge in [0.05, 0.1) is 0 Å². The Morgan fingerprint density at radius 2 is 1.95 bits per heavy atom. The largest absolute Gasteiger partial charge is 0.444 e. The second-order valence-electron chi connectivity index (χ2n) is 5.33. The van der Waals surface area contributed by atoms with Crippen LogP contribution >= 0.6 is 31.9 Å². The Hall–Kier alpha value is -0.750. The Labute approximate surface area is 136 Å². The molecule has 20 heavy (non-hydrogen) atoms. The lowest BCUT2D eigenvalue weighted by molar-refractivity contribution is 0.0528. The zero-order chi connectivity index (χ0) is 15.2. The lowest BCUT2D eigenvalue weighted by Crippen LogP contribution is -2.33. The third-order valence-corrected chi connectivity index (χ3v) is 3.45. The third kappa shape index (κ3) is 7.14. The van der Waals surface area contributed by atoms with E-state index >= 15 is 0 Å². The van der Waals surface area contributed by atoms with Crippen molar-refractivity contribution in [3.8, 4) is 0 Å². The number of carbonyl (C=O) groups is 1. The highest BCUT2D eigenvalue weighted by atomic mass is 79.9.